The molecule has 35 heavy (non-hydrogen) atoms. The van der Waals surface area contributed by atoms with Crippen LogP contribution >= 0.6 is 0 Å². The average molecular weight is 488 g/mol. The normalized spacial score (nSPS) is 21.6. The van der Waals surface area contributed by atoms with Crippen LogP contribution in [0.3, 0.4) is 0 Å². The molecule has 1 aromatic carbocycles. The van der Waals surface area contributed by atoms with Crippen molar-refractivity contribution in [3.63, 3.8) is 0 Å². The van der Waals surface area contributed by atoms with Crippen molar-refractivity contribution in [1.82, 2.24) is 15.3 Å². The number of hydrogen-bond donors (Lipinski definition) is 1. The lowest BCUT2D eigenvalue weighted by Crippen LogP contribution is -2.45. The predicted octanol–water partition coefficient (Wildman–Crippen LogP) is 1.31. The second-order valence-corrected chi connectivity index (χ2v) is 7.94. The van der Waals surface area contributed by atoms with E-state index in [1.807, 2.05) is 0 Å². The van der Waals surface area contributed by atoms with Crippen LogP contribution in [0.4, 0.5) is 4.39 Å². The summed E-state index contributed by atoms with van der Waals surface area (Å²) in [4.78, 5) is 38.4. The van der Waals surface area contributed by atoms with Gasteiger partial charge in [0.15, 0.2) is 23.8 Å². The first-order chi connectivity index (χ1) is 16.9. The Morgan fingerprint density at radius 1 is 1.14 bits per heavy atom. The van der Waals surface area contributed by atoms with Crippen molar-refractivity contribution >= 4 is 17.6 Å². The molecule has 4 rings (SSSR count). The maximum absolute atomic E-state index is 13.6. The predicted molar refractivity (Wildman–Crippen MR) is 118 cm³/mol. The first-order valence-corrected chi connectivity index (χ1v) is 10.9. The van der Waals surface area contributed by atoms with E-state index >= 15 is 0 Å². The van der Waals surface area contributed by atoms with Gasteiger partial charge in [0.05, 0.1) is 33.1 Å². The molecule has 1 unspecified atom stereocenters. The molecule has 0 bridgehead atoms. The third kappa shape index (κ3) is 5.72. The average Bonchev–Trinajstić information content (AvgIpc) is 3.38. The fourth-order valence-electron chi connectivity index (χ4n) is 3.67. The van der Waals surface area contributed by atoms with Crippen LogP contribution in [0.15, 0.2) is 29.4 Å². The number of ether oxygens (including phenoxy) is 4. The van der Waals surface area contributed by atoms with Crippen LogP contribution in [0.5, 0.6) is 5.75 Å². The molecule has 1 fully saturated rings. The molecule has 12 heteroatoms. The van der Waals surface area contributed by atoms with E-state index in [4.69, 9.17) is 19.0 Å². The number of oxime groups is 1. The minimum absolute atomic E-state index is 0.0589. The van der Waals surface area contributed by atoms with Crippen molar-refractivity contribution in [2.24, 2.45) is 5.16 Å². The van der Waals surface area contributed by atoms with Crippen molar-refractivity contribution in [3.8, 4) is 5.75 Å². The van der Waals surface area contributed by atoms with Crippen molar-refractivity contribution < 1.29 is 37.8 Å². The Labute approximate surface area is 200 Å². The number of esters is 1. The molecule has 1 N–H and O–H groups in total. The molecule has 1 amide bonds. The van der Waals surface area contributed by atoms with Gasteiger partial charge in [0.2, 0.25) is 0 Å². The number of carbonyl (C=O) groups is 2. The van der Waals surface area contributed by atoms with Crippen molar-refractivity contribution in [2.75, 3.05) is 27.4 Å². The van der Waals surface area contributed by atoms with Crippen molar-refractivity contribution in [1.29, 1.82) is 0 Å². The number of amides is 1. The number of aryl methyl sites for hydroxylation is 1. The van der Waals surface area contributed by atoms with Gasteiger partial charge in [-0.15, -0.1) is 0 Å². The van der Waals surface area contributed by atoms with Gasteiger partial charge < -0.3 is 29.1 Å². The van der Waals surface area contributed by atoms with Gasteiger partial charge in [-0.2, -0.15) is 0 Å². The first kappa shape index (κ1) is 24.5. The lowest BCUT2D eigenvalue weighted by molar-refractivity contribution is -0.192. The monoisotopic (exact) mass is 488 g/mol. The first-order valence-electron chi connectivity index (χ1n) is 10.9. The molecular formula is C23H25FN4O7. The topological polar surface area (TPSA) is 130 Å². The Balaban J connectivity index is 1.37. The third-order valence-corrected chi connectivity index (χ3v) is 5.53. The summed E-state index contributed by atoms with van der Waals surface area (Å²) in [6.45, 7) is 2.04. The molecule has 3 heterocycles. The number of nitrogens with zero attached hydrogens (tertiary/aromatic N) is 3. The molecular weight excluding hydrogens is 463 g/mol. The fraction of sp³-hybridized carbons (Fsp3) is 0.435. The molecule has 186 valence electrons. The SMILES string of the molecule is COC(=O)[C@@H]1CO[C@@H](C2CC(c3cc(C(=O)NCc4ccc(F)c(OC)c4)nc(C)n3)=NO2)CO1. The molecule has 1 saturated heterocycles. The highest BCUT2D eigenvalue weighted by molar-refractivity contribution is 6.02. The summed E-state index contributed by atoms with van der Waals surface area (Å²) in [5, 5.41) is 6.87. The van der Waals surface area contributed by atoms with Crippen LogP contribution in [0.1, 0.15) is 34.0 Å². The highest BCUT2D eigenvalue weighted by atomic mass is 19.1. The van der Waals surface area contributed by atoms with Gasteiger partial charge >= 0.3 is 5.97 Å². The summed E-state index contributed by atoms with van der Waals surface area (Å²) in [6.07, 6.45) is -1.23. The maximum Gasteiger partial charge on any atom is 0.337 e. The van der Waals surface area contributed by atoms with Gasteiger partial charge in [-0.05, 0) is 30.7 Å². The third-order valence-electron chi connectivity index (χ3n) is 5.53. The van der Waals surface area contributed by atoms with E-state index in [-0.39, 0.29) is 31.2 Å². The molecule has 0 aliphatic carbocycles. The minimum Gasteiger partial charge on any atom is -0.494 e. The molecule has 2 aliphatic heterocycles. The van der Waals surface area contributed by atoms with E-state index in [0.29, 0.717) is 29.2 Å². The number of hydrogen-bond acceptors (Lipinski definition) is 10. The Bertz CT molecular complexity index is 1130. The van der Waals surface area contributed by atoms with Crippen LogP contribution in [-0.2, 0) is 30.4 Å². The summed E-state index contributed by atoms with van der Waals surface area (Å²) in [6, 6.07) is 5.88. The Kier molecular flexibility index (Phi) is 7.51. The highest BCUT2D eigenvalue weighted by Gasteiger charge is 2.37. The van der Waals surface area contributed by atoms with E-state index in [0.717, 1.165) is 0 Å². The van der Waals surface area contributed by atoms with Crippen LogP contribution in [0, 0.1) is 12.7 Å². The summed E-state index contributed by atoms with van der Waals surface area (Å²) in [7, 11) is 2.66. The molecule has 0 spiro atoms. The zero-order chi connectivity index (χ0) is 24.9. The number of carbonyl (C=O) groups excluding carboxylic acids is 2. The van der Waals surface area contributed by atoms with Crippen LogP contribution in [0.25, 0.3) is 0 Å². The van der Waals surface area contributed by atoms with E-state index in [1.165, 1.54) is 32.4 Å². The quantitative estimate of drug-likeness (QED) is 0.573. The van der Waals surface area contributed by atoms with Crippen LogP contribution in [0.2, 0.25) is 0 Å². The Morgan fingerprint density at radius 2 is 1.97 bits per heavy atom. The Morgan fingerprint density at radius 3 is 2.69 bits per heavy atom. The summed E-state index contributed by atoms with van der Waals surface area (Å²) in [5.74, 6) is -0.910. The van der Waals surface area contributed by atoms with E-state index < -0.39 is 36.0 Å². The molecule has 0 saturated carbocycles. The van der Waals surface area contributed by atoms with E-state index in [1.54, 1.807) is 13.0 Å². The number of halogens is 1. The van der Waals surface area contributed by atoms with Gasteiger partial charge in [-0.25, -0.2) is 19.2 Å². The summed E-state index contributed by atoms with van der Waals surface area (Å²) in [5.41, 5.74) is 1.82. The minimum atomic E-state index is -0.764. The maximum atomic E-state index is 13.6. The molecule has 1 aromatic heterocycles. The fourth-order valence-corrected chi connectivity index (χ4v) is 3.67. The van der Waals surface area contributed by atoms with Gasteiger partial charge in [0.1, 0.15) is 23.3 Å². The number of methoxy groups -OCH3 is 2. The van der Waals surface area contributed by atoms with Crippen molar-refractivity contribution in [2.45, 2.75) is 38.2 Å². The van der Waals surface area contributed by atoms with Gasteiger partial charge in [-0.3, -0.25) is 4.79 Å². The number of aromatic nitrogens is 2. The second-order valence-electron chi connectivity index (χ2n) is 7.94. The number of nitrogens with one attached hydrogen (secondary N) is 1. The smallest absolute Gasteiger partial charge is 0.337 e. The standard InChI is InChI=1S/C23H25FN4O7/c1-12-26-15(16-8-19(35-28-16)20-10-34-21(11-33-20)23(30)32-3)7-17(27-12)22(29)25-9-13-4-5-14(24)18(6-13)31-2/h4-7,19-21H,8-11H2,1-3H3,(H,25,29)/t19?,20-,21+/m1/s1. The van der Waals surface area contributed by atoms with Crippen molar-refractivity contribution in [3.05, 3.63) is 52.9 Å². The van der Waals surface area contributed by atoms with Gasteiger partial charge in [0, 0.05) is 13.0 Å². The largest absolute Gasteiger partial charge is 0.494 e. The summed E-state index contributed by atoms with van der Waals surface area (Å²) >= 11 is 0. The molecule has 2 aromatic rings. The second kappa shape index (κ2) is 10.7. The van der Waals surface area contributed by atoms with Gasteiger partial charge in [-0.1, -0.05) is 11.2 Å². The van der Waals surface area contributed by atoms with Crippen LogP contribution in [-0.4, -0.2) is 73.3 Å². The zero-order valence-corrected chi connectivity index (χ0v) is 19.4. The number of rotatable bonds is 7. The van der Waals surface area contributed by atoms with Gasteiger partial charge in [0.25, 0.3) is 5.91 Å². The van der Waals surface area contributed by atoms with E-state index in [9.17, 15) is 14.0 Å². The van der Waals surface area contributed by atoms with Crippen LogP contribution < -0.4 is 10.1 Å². The molecule has 3 atom stereocenters. The zero-order valence-electron chi connectivity index (χ0n) is 19.4. The van der Waals surface area contributed by atoms with E-state index in [2.05, 4.69) is 25.2 Å². The molecule has 0 radical (unpaired) electrons. The summed E-state index contributed by atoms with van der Waals surface area (Å²) < 4.78 is 34.4. The molecule has 2 aliphatic rings. The highest BCUT2D eigenvalue weighted by Crippen LogP contribution is 2.23. The lowest BCUT2D eigenvalue weighted by atomic mass is 10.0. The molecule has 11 nitrogen and oxygen atoms in total. The number of benzene rings is 1. The lowest BCUT2D eigenvalue weighted by Gasteiger charge is -2.30. The Hall–Kier alpha value is -3.64.